The third-order valence-electron chi connectivity index (χ3n) is 4.34. The van der Waals surface area contributed by atoms with Gasteiger partial charge in [-0.1, -0.05) is 41.6 Å². The maximum absolute atomic E-state index is 13.1. The van der Waals surface area contributed by atoms with Crippen molar-refractivity contribution in [3.05, 3.63) is 65.5 Å². The molecule has 6 nitrogen and oxygen atoms in total. The summed E-state index contributed by atoms with van der Waals surface area (Å²) in [5, 5.41) is 11.0. The van der Waals surface area contributed by atoms with E-state index in [2.05, 4.69) is 15.5 Å². The van der Waals surface area contributed by atoms with Crippen molar-refractivity contribution in [1.29, 1.82) is 0 Å². The lowest BCUT2D eigenvalue weighted by atomic mass is 10.1. The summed E-state index contributed by atoms with van der Waals surface area (Å²) in [6.45, 7) is 4.65. The molecule has 0 aliphatic rings. The zero-order valence-corrected chi connectivity index (χ0v) is 17.8. The molecule has 0 unspecified atom stereocenters. The number of nitrogens with zero attached hydrogens (tertiary/aromatic N) is 3. The number of hydrogen-bond donors (Lipinski definition) is 1. The Bertz CT molecular complexity index is 1040. The highest BCUT2D eigenvalue weighted by molar-refractivity contribution is 7.99. The van der Waals surface area contributed by atoms with Crippen molar-refractivity contribution in [2.75, 3.05) is 11.1 Å². The van der Waals surface area contributed by atoms with E-state index in [1.54, 1.807) is 4.57 Å². The number of alkyl halides is 3. The Hall–Kier alpha value is -3.01. The highest BCUT2D eigenvalue weighted by Crippen LogP contribution is 2.34. The van der Waals surface area contributed by atoms with Crippen LogP contribution < -0.4 is 10.1 Å². The fourth-order valence-corrected chi connectivity index (χ4v) is 3.61. The van der Waals surface area contributed by atoms with Gasteiger partial charge in [0.2, 0.25) is 5.91 Å². The molecule has 3 aromatic rings. The molecule has 1 heterocycles. The molecule has 164 valence electrons. The lowest BCUT2D eigenvalue weighted by molar-refractivity contribution is -0.137. The topological polar surface area (TPSA) is 69.0 Å². The van der Waals surface area contributed by atoms with E-state index in [0.29, 0.717) is 23.3 Å². The van der Waals surface area contributed by atoms with Gasteiger partial charge in [0.15, 0.2) is 11.0 Å². The van der Waals surface area contributed by atoms with Crippen LogP contribution in [0.1, 0.15) is 23.9 Å². The second kappa shape index (κ2) is 9.86. The minimum Gasteiger partial charge on any atom is -0.486 e. The molecule has 0 spiro atoms. The van der Waals surface area contributed by atoms with Crippen LogP contribution in [0, 0.1) is 6.92 Å². The lowest BCUT2D eigenvalue weighted by Gasteiger charge is -2.13. The quantitative estimate of drug-likeness (QED) is 0.493. The number of nitrogens with one attached hydrogen (secondary N) is 1. The molecule has 0 saturated heterocycles. The first-order valence-electron chi connectivity index (χ1n) is 9.48. The van der Waals surface area contributed by atoms with E-state index < -0.39 is 17.6 Å². The molecule has 31 heavy (non-hydrogen) atoms. The summed E-state index contributed by atoms with van der Waals surface area (Å²) in [7, 11) is 0. The number of aromatic nitrogens is 3. The Kier molecular flexibility index (Phi) is 7.21. The predicted octanol–water partition coefficient (Wildman–Crippen LogP) is 4.94. The molecular weight excluding hydrogens is 429 g/mol. The van der Waals surface area contributed by atoms with Crippen LogP contribution >= 0.6 is 11.8 Å². The second-order valence-electron chi connectivity index (χ2n) is 6.62. The van der Waals surface area contributed by atoms with Gasteiger partial charge in [0, 0.05) is 6.54 Å². The maximum atomic E-state index is 13.1. The van der Waals surface area contributed by atoms with Crippen molar-refractivity contribution in [3.63, 3.8) is 0 Å². The van der Waals surface area contributed by atoms with Gasteiger partial charge in [-0.15, -0.1) is 10.2 Å². The number of thioether (sulfide) groups is 1. The predicted molar refractivity (Wildman–Crippen MR) is 112 cm³/mol. The number of carbonyl (C=O) groups is 1. The van der Waals surface area contributed by atoms with Crippen LogP contribution in [0.4, 0.5) is 18.9 Å². The number of anilines is 1. The average Bonchev–Trinajstić information content (AvgIpc) is 3.13. The number of aryl methyl sites for hydroxylation is 1. The highest BCUT2D eigenvalue weighted by Gasteiger charge is 2.33. The fourth-order valence-electron chi connectivity index (χ4n) is 2.79. The van der Waals surface area contributed by atoms with Crippen molar-refractivity contribution in [3.8, 4) is 5.75 Å². The Morgan fingerprint density at radius 1 is 1.13 bits per heavy atom. The maximum Gasteiger partial charge on any atom is 0.418 e. The van der Waals surface area contributed by atoms with Crippen LogP contribution in [0.2, 0.25) is 0 Å². The van der Waals surface area contributed by atoms with Crippen molar-refractivity contribution in [2.24, 2.45) is 0 Å². The Morgan fingerprint density at radius 3 is 2.52 bits per heavy atom. The third-order valence-corrected chi connectivity index (χ3v) is 5.30. The van der Waals surface area contributed by atoms with Crippen LogP contribution in [-0.4, -0.2) is 26.4 Å². The Balaban J connectivity index is 1.60. The number of ether oxygens (including phenoxy) is 1. The SMILES string of the molecule is CCn1c(COc2ccc(C)cc2)nnc1SCC(=O)Nc1ccccc1C(F)(F)F. The zero-order chi connectivity index (χ0) is 22.4. The fraction of sp³-hybridized carbons (Fsp3) is 0.286. The third kappa shape index (κ3) is 6.00. The zero-order valence-electron chi connectivity index (χ0n) is 16.9. The summed E-state index contributed by atoms with van der Waals surface area (Å²) in [6, 6.07) is 12.5. The van der Waals surface area contributed by atoms with E-state index in [1.807, 2.05) is 38.1 Å². The molecule has 0 aliphatic carbocycles. The number of para-hydroxylation sites is 1. The minimum absolute atomic E-state index is 0.108. The molecule has 0 saturated carbocycles. The number of amides is 1. The highest BCUT2D eigenvalue weighted by atomic mass is 32.2. The number of halogens is 3. The molecule has 0 atom stereocenters. The first-order valence-corrected chi connectivity index (χ1v) is 10.5. The molecule has 0 fully saturated rings. The minimum atomic E-state index is -4.55. The number of carbonyl (C=O) groups excluding carboxylic acids is 1. The van der Waals surface area contributed by atoms with Gasteiger partial charge >= 0.3 is 6.18 Å². The van der Waals surface area contributed by atoms with Crippen LogP contribution in [-0.2, 0) is 24.1 Å². The molecule has 0 aliphatic heterocycles. The molecule has 1 amide bonds. The van der Waals surface area contributed by atoms with Crippen LogP contribution in [0.15, 0.2) is 53.7 Å². The molecule has 0 bridgehead atoms. The van der Waals surface area contributed by atoms with Gasteiger partial charge in [-0.3, -0.25) is 4.79 Å². The van der Waals surface area contributed by atoms with Crippen molar-refractivity contribution in [1.82, 2.24) is 14.8 Å². The largest absolute Gasteiger partial charge is 0.486 e. The number of rotatable bonds is 8. The summed E-state index contributed by atoms with van der Waals surface area (Å²) in [5.41, 5.74) is -0.0377. The van der Waals surface area contributed by atoms with Gasteiger partial charge in [-0.05, 0) is 38.1 Å². The van der Waals surface area contributed by atoms with Crippen LogP contribution in [0.5, 0.6) is 5.75 Å². The summed E-state index contributed by atoms with van der Waals surface area (Å²) < 4.78 is 46.8. The van der Waals surface area contributed by atoms with Gasteiger partial charge in [-0.2, -0.15) is 13.2 Å². The number of benzene rings is 2. The molecule has 1 N–H and O–H groups in total. The van der Waals surface area contributed by atoms with Crippen molar-refractivity contribution in [2.45, 2.75) is 38.3 Å². The van der Waals surface area contributed by atoms with Crippen molar-refractivity contribution < 1.29 is 22.7 Å². The van der Waals surface area contributed by atoms with Crippen LogP contribution in [0.25, 0.3) is 0 Å². The van der Waals surface area contributed by atoms with E-state index >= 15 is 0 Å². The Labute approximate surface area is 181 Å². The van der Waals surface area contributed by atoms with E-state index in [-0.39, 0.29) is 18.0 Å². The van der Waals surface area contributed by atoms with Gasteiger partial charge in [0.25, 0.3) is 0 Å². The normalized spacial score (nSPS) is 11.4. The Morgan fingerprint density at radius 2 is 1.84 bits per heavy atom. The van der Waals surface area contributed by atoms with E-state index in [1.165, 1.54) is 18.2 Å². The van der Waals surface area contributed by atoms with E-state index in [4.69, 9.17) is 4.74 Å². The molecule has 2 aromatic carbocycles. The van der Waals surface area contributed by atoms with Gasteiger partial charge in [-0.25, -0.2) is 0 Å². The van der Waals surface area contributed by atoms with E-state index in [9.17, 15) is 18.0 Å². The average molecular weight is 450 g/mol. The smallest absolute Gasteiger partial charge is 0.418 e. The second-order valence-corrected chi connectivity index (χ2v) is 7.57. The molecule has 3 rings (SSSR count). The van der Waals surface area contributed by atoms with Crippen LogP contribution in [0.3, 0.4) is 0 Å². The van der Waals surface area contributed by atoms with Gasteiger partial charge < -0.3 is 14.6 Å². The summed E-state index contributed by atoms with van der Waals surface area (Å²) in [6.07, 6.45) is -4.55. The van der Waals surface area contributed by atoms with Gasteiger partial charge in [0.05, 0.1) is 17.0 Å². The molecule has 10 heteroatoms. The standard InChI is InChI=1S/C21H21F3N4O2S/c1-3-28-18(12-30-15-10-8-14(2)9-11-15)26-27-20(28)31-13-19(29)25-17-7-5-4-6-16(17)21(22,23)24/h4-11H,3,12-13H2,1-2H3,(H,25,29). The molecule has 0 radical (unpaired) electrons. The number of hydrogen-bond acceptors (Lipinski definition) is 5. The monoisotopic (exact) mass is 450 g/mol. The van der Waals surface area contributed by atoms with Gasteiger partial charge in [0.1, 0.15) is 12.4 Å². The van der Waals surface area contributed by atoms with E-state index in [0.717, 1.165) is 23.4 Å². The summed E-state index contributed by atoms with van der Waals surface area (Å²) in [4.78, 5) is 12.2. The first kappa shape index (κ1) is 22.7. The summed E-state index contributed by atoms with van der Waals surface area (Å²) >= 11 is 1.10. The molecule has 1 aromatic heterocycles. The first-order chi connectivity index (χ1) is 14.8. The molecular formula is C21H21F3N4O2S. The summed E-state index contributed by atoms with van der Waals surface area (Å²) in [5.74, 6) is 0.620. The van der Waals surface area contributed by atoms with Crippen molar-refractivity contribution >= 4 is 23.4 Å². The lowest BCUT2D eigenvalue weighted by Crippen LogP contribution is -2.18.